The zero-order chi connectivity index (χ0) is 25.8. The summed E-state index contributed by atoms with van der Waals surface area (Å²) in [6, 6.07) is 24.8. The molecule has 5 rings (SSSR count). The SMILES string of the molecule is Cn1cccc1C(=O)Nc1ccc(C(=O)c2ccc(NC(=O)c3ccc(N4CCCC4)cc3)cc2)cc1. The molecular formula is C30H28N4O3. The average molecular weight is 493 g/mol. The van der Waals surface area contributed by atoms with Crippen LogP contribution in [0.4, 0.5) is 17.1 Å². The van der Waals surface area contributed by atoms with Crippen molar-refractivity contribution < 1.29 is 14.4 Å². The number of ketones is 1. The van der Waals surface area contributed by atoms with Gasteiger partial charge in [-0.15, -0.1) is 0 Å². The third-order valence-electron chi connectivity index (χ3n) is 6.59. The molecule has 1 aliphatic heterocycles. The first-order chi connectivity index (χ1) is 18.0. The van der Waals surface area contributed by atoms with E-state index in [-0.39, 0.29) is 17.6 Å². The first-order valence-electron chi connectivity index (χ1n) is 12.3. The zero-order valence-corrected chi connectivity index (χ0v) is 20.6. The number of benzene rings is 3. The van der Waals surface area contributed by atoms with Gasteiger partial charge in [-0.3, -0.25) is 14.4 Å². The van der Waals surface area contributed by atoms with Crippen LogP contribution in [-0.2, 0) is 7.05 Å². The molecule has 37 heavy (non-hydrogen) atoms. The quantitative estimate of drug-likeness (QED) is 0.340. The van der Waals surface area contributed by atoms with Crippen molar-refractivity contribution in [2.45, 2.75) is 12.8 Å². The number of hydrogen-bond acceptors (Lipinski definition) is 4. The Kier molecular flexibility index (Phi) is 6.85. The van der Waals surface area contributed by atoms with Gasteiger partial charge in [-0.25, -0.2) is 0 Å². The number of nitrogens with one attached hydrogen (secondary N) is 2. The molecule has 0 atom stereocenters. The molecule has 0 unspecified atom stereocenters. The topological polar surface area (TPSA) is 83.4 Å². The van der Waals surface area contributed by atoms with Crippen LogP contribution in [0.5, 0.6) is 0 Å². The van der Waals surface area contributed by atoms with Gasteiger partial charge in [0.15, 0.2) is 5.78 Å². The van der Waals surface area contributed by atoms with Gasteiger partial charge in [0, 0.05) is 60.1 Å². The van der Waals surface area contributed by atoms with Crippen molar-refractivity contribution in [3.63, 3.8) is 0 Å². The highest BCUT2D eigenvalue weighted by atomic mass is 16.2. The molecule has 1 fully saturated rings. The zero-order valence-electron chi connectivity index (χ0n) is 20.6. The minimum atomic E-state index is -0.216. The molecule has 2 amide bonds. The van der Waals surface area contributed by atoms with Crippen molar-refractivity contribution in [1.29, 1.82) is 0 Å². The lowest BCUT2D eigenvalue weighted by molar-refractivity contribution is 0.101. The summed E-state index contributed by atoms with van der Waals surface area (Å²) in [6.45, 7) is 2.12. The number of hydrogen-bond donors (Lipinski definition) is 2. The maximum absolute atomic E-state index is 12.9. The summed E-state index contributed by atoms with van der Waals surface area (Å²) in [5, 5.41) is 5.72. The van der Waals surface area contributed by atoms with Crippen molar-refractivity contribution in [3.05, 3.63) is 114 Å². The summed E-state index contributed by atoms with van der Waals surface area (Å²) in [6.07, 6.45) is 4.22. The summed E-state index contributed by atoms with van der Waals surface area (Å²) in [4.78, 5) is 40.3. The van der Waals surface area contributed by atoms with Crippen molar-refractivity contribution >= 4 is 34.7 Å². The monoisotopic (exact) mass is 492 g/mol. The number of aromatic nitrogens is 1. The molecular weight excluding hydrogens is 464 g/mol. The highest BCUT2D eigenvalue weighted by molar-refractivity contribution is 6.10. The van der Waals surface area contributed by atoms with Crippen LogP contribution in [0.15, 0.2) is 91.1 Å². The van der Waals surface area contributed by atoms with Crippen LogP contribution >= 0.6 is 0 Å². The molecule has 7 heteroatoms. The number of anilines is 3. The molecule has 3 aromatic carbocycles. The van der Waals surface area contributed by atoms with E-state index < -0.39 is 0 Å². The molecule has 1 aliphatic rings. The predicted molar refractivity (Wildman–Crippen MR) is 146 cm³/mol. The van der Waals surface area contributed by atoms with Crippen molar-refractivity contribution in [2.75, 3.05) is 28.6 Å². The highest BCUT2D eigenvalue weighted by Crippen LogP contribution is 2.21. The van der Waals surface area contributed by atoms with Crippen LogP contribution in [0.25, 0.3) is 0 Å². The lowest BCUT2D eigenvalue weighted by Crippen LogP contribution is -2.18. The third kappa shape index (κ3) is 5.46. The van der Waals surface area contributed by atoms with Crippen LogP contribution in [0.1, 0.15) is 49.6 Å². The Morgan fingerprint density at radius 3 is 1.68 bits per heavy atom. The summed E-state index contributed by atoms with van der Waals surface area (Å²) in [5.41, 5.74) is 4.51. The first kappa shape index (κ1) is 24.1. The highest BCUT2D eigenvalue weighted by Gasteiger charge is 2.14. The summed E-state index contributed by atoms with van der Waals surface area (Å²) >= 11 is 0. The second-order valence-corrected chi connectivity index (χ2v) is 9.14. The summed E-state index contributed by atoms with van der Waals surface area (Å²) < 4.78 is 1.74. The summed E-state index contributed by atoms with van der Waals surface area (Å²) in [5.74, 6) is -0.553. The molecule has 0 radical (unpaired) electrons. The lowest BCUT2D eigenvalue weighted by atomic mass is 10.0. The van der Waals surface area contributed by atoms with Crippen LogP contribution in [0.3, 0.4) is 0 Å². The van der Waals surface area contributed by atoms with E-state index in [1.165, 1.54) is 12.8 Å². The van der Waals surface area contributed by atoms with E-state index in [9.17, 15) is 14.4 Å². The van der Waals surface area contributed by atoms with Gasteiger partial charge in [0.2, 0.25) is 0 Å². The molecule has 2 heterocycles. The van der Waals surface area contributed by atoms with Crippen molar-refractivity contribution in [2.24, 2.45) is 7.05 Å². The minimum absolute atomic E-state index is 0.143. The number of nitrogens with zero attached hydrogens (tertiary/aromatic N) is 2. The predicted octanol–water partition coefficient (Wildman–Crippen LogP) is 5.36. The number of amides is 2. The molecule has 7 nitrogen and oxygen atoms in total. The van der Waals surface area contributed by atoms with Crippen molar-refractivity contribution in [3.8, 4) is 0 Å². The van der Waals surface area contributed by atoms with E-state index in [0.29, 0.717) is 33.8 Å². The molecule has 0 spiro atoms. The molecule has 1 saturated heterocycles. The first-order valence-corrected chi connectivity index (χ1v) is 12.3. The van der Waals surface area contributed by atoms with Gasteiger partial charge in [-0.1, -0.05) is 0 Å². The molecule has 1 aromatic heterocycles. The fourth-order valence-corrected chi connectivity index (χ4v) is 4.47. The minimum Gasteiger partial charge on any atom is -0.372 e. The van der Waals surface area contributed by atoms with E-state index in [4.69, 9.17) is 0 Å². The molecule has 0 aliphatic carbocycles. The van der Waals surface area contributed by atoms with Gasteiger partial charge in [-0.05, 0) is 97.8 Å². The maximum atomic E-state index is 12.9. The Balaban J connectivity index is 1.18. The smallest absolute Gasteiger partial charge is 0.272 e. The Morgan fingerprint density at radius 2 is 1.16 bits per heavy atom. The number of rotatable bonds is 7. The molecule has 0 saturated carbocycles. The Bertz CT molecular complexity index is 1420. The number of carbonyl (C=O) groups is 3. The van der Waals surface area contributed by atoms with Gasteiger partial charge in [0.25, 0.3) is 11.8 Å². The standard InChI is InChI=1S/C30H28N4O3/c1-33-18-4-5-27(33)30(37)32-25-14-8-22(9-15-25)28(35)21-6-12-24(13-7-21)31-29(36)23-10-16-26(17-11-23)34-19-2-3-20-34/h4-18H,2-3,19-20H2,1H3,(H,31,36)(H,32,37). The number of aryl methyl sites for hydroxylation is 1. The van der Waals surface area contributed by atoms with Gasteiger partial charge >= 0.3 is 0 Å². The fourth-order valence-electron chi connectivity index (χ4n) is 4.47. The molecule has 4 aromatic rings. The van der Waals surface area contributed by atoms with Crippen LogP contribution in [0, 0.1) is 0 Å². The van der Waals surface area contributed by atoms with Crippen molar-refractivity contribution in [1.82, 2.24) is 4.57 Å². The lowest BCUT2D eigenvalue weighted by Gasteiger charge is -2.17. The maximum Gasteiger partial charge on any atom is 0.272 e. The summed E-state index contributed by atoms with van der Waals surface area (Å²) in [7, 11) is 1.81. The second kappa shape index (κ2) is 10.5. The average Bonchev–Trinajstić information content (AvgIpc) is 3.61. The third-order valence-corrected chi connectivity index (χ3v) is 6.59. The molecule has 186 valence electrons. The van der Waals surface area contributed by atoms with Gasteiger partial charge in [0.1, 0.15) is 5.69 Å². The van der Waals surface area contributed by atoms with E-state index >= 15 is 0 Å². The van der Waals surface area contributed by atoms with Crippen LogP contribution < -0.4 is 15.5 Å². The normalized spacial score (nSPS) is 12.8. The Labute approximate surface area is 215 Å². The van der Waals surface area contributed by atoms with E-state index in [2.05, 4.69) is 15.5 Å². The van der Waals surface area contributed by atoms with E-state index in [1.54, 1.807) is 78.5 Å². The van der Waals surface area contributed by atoms with Gasteiger partial charge < -0.3 is 20.1 Å². The second-order valence-electron chi connectivity index (χ2n) is 9.14. The Morgan fingerprint density at radius 1 is 0.649 bits per heavy atom. The molecule has 2 N–H and O–H groups in total. The van der Waals surface area contributed by atoms with E-state index in [0.717, 1.165) is 18.8 Å². The van der Waals surface area contributed by atoms with E-state index in [1.807, 2.05) is 24.3 Å². The van der Waals surface area contributed by atoms with Gasteiger partial charge in [-0.2, -0.15) is 0 Å². The molecule has 0 bridgehead atoms. The fraction of sp³-hybridized carbons (Fsp3) is 0.167. The largest absolute Gasteiger partial charge is 0.372 e. The Hall–Kier alpha value is -4.65. The van der Waals surface area contributed by atoms with Crippen LogP contribution in [-0.4, -0.2) is 35.3 Å². The number of carbonyl (C=O) groups excluding carboxylic acids is 3. The van der Waals surface area contributed by atoms with Gasteiger partial charge in [0.05, 0.1) is 0 Å². The van der Waals surface area contributed by atoms with Crippen LogP contribution in [0.2, 0.25) is 0 Å².